The van der Waals surface area contributed by atoms with Gasteiger partial charge in [0.25, 0.3) is 0 Å². The van der Waals surface area contributed by atoms with Crippen LogP contribution in [0, 0.1) is 5.82 Å². The normalized spacial score (nSPS) is 11.5. The van der Waals surface area contributed by atoms with Crippen LogP contribution in [0.15, 0.2) is 18.2 Å². The Bertz CT molecular complexity index is 488. The molecule has 0 atom stereocenters. The number of sulfone groups is 1. The Kier molecular flexibility index (Phi) is 4.47. The van der Waals surface area contributed by atoms with E-state index in [-0.39, 0.29) is 18.1 Å². The molecule has 1 aromatic carbocycles. The average Bonchev–Trinajstić information content (AvgIpc) is 2.24. The lowest BCUT2D eigenvalue weighted by Crippen LogP contribution is -2.25. The highest BCUT2D eigenvalue weighted by atomic mass is 32.2. The third kappa shape index (κ3) is 4.32. The van der Waals surface area contributed by atoms with Crippen LogP contribution in [-0.2, 0) is 16.4 Å². The molecule has 0 saturated heterocycles. The zero-order valence-corrected chi connectivity index (χ0v) is 10.8. The van der Waals surface area contributed by atoms with E-state index >= 15 is 0 Å². The Labute approximate surface area is 101 Å². The van der Waals surface area contributed by atoms with Crippen LogP contribution < -0.4 is 10.6 Å². The molecule has 0 spiro atoms. The molecule has 0 aliphatic heterocycles. The van der Waals surface area contributed by atoms with E-state index in [9.17, 15) is 12.8 Å². The fraction of sp³-hybridized carbons (Fsp3) is 0.455. The van der Waals surface area contributed by atoms with Gasteiger partial charge in [-0.15, -0.1) is 0 Å². The van der Waals surface area contributed by atoms with Gasteiger partial charge in [-0.05, 0) is 12.1 Å². The average molecular weight is 260 g/mol. The maximum atomic E-state index is 13.5. The van der Waals surface area contributed by atoms with Gasteiger partial charge in [0.2, 0.25) is 0 Å². The molecule has 0 amide bonds. The van der Waals surface area contributed by atoms with E-state index in [2.05, 4.69) is 0 Å². The predicted octanol–water partition coefficient (Wildman–Crippen LogP) is 0.765. The fourth-order valence-electron chi connectivity index (χ4n) is 1.37. The molecule has 0 saturated carbocycles. The molecule has 6 heteroatoms. The smallest absolute Gasteiger partial charge is 0.149 e. The Balaban J connectivity index is 2.76. The summed E-state index contributed by atoms with van der Waals surface area (Å²) in [5, 5.41) is 0. The molecule has 0 radical (unpaired) electrons. The Morgan fingerprint density at radius 3 is 2.53 bits per heavy atom. The van der Waals surface area contributed by atoms with Crippen LogP contribution in [0.2, 0.25) is 0 Å². The van der Waals surface area contributed by atoms with Crippen LogP contribution in [0.25, 0.3) is 0 Å². The first kappa shape index (κ1) is 13.9. The van der Waals surface area contributed by atoms with Gasteiger partial charge in [0.15, 0.2) is 0 Å². The zero-order chi connectivity index (χ0) is 13.1. The quantitative estimate of drug-likeness (QED) is 0.849. The molecule has 0 bridgehead atoms. The van der Waals surface area contributed by atoms with Gasteiger partial charge in [0.05, 0.1) is 5.75 Å². The maximum absolute atomic E-state index is 13.5. The molecule has 0 aromatic heterocycles. The van der Waals surface area contributed by atoms with Crippen molar-refractivity contribution in [2.75, 3.05) is 30.5 Å². The summed E-state index contributed by atoms with van der Waals surface area (Å²) >= 11 is 0. The third-order valence-corrected chi connectivity index (χ3v) is 3.42. The lowest BCUT2D eigenvalue weighted by atomic mass is 10.2. The standard InChI is InChI=1S/C11H17FN2O2S/c1-14(5-6-17(2,15)16)10-4-3-9(8-13)11(12)7-10/h3-4,7H,5-6,8,13H2,1-2H3. The second-order valence-electron chi connectivity index (χ2n) is 4.03. The molecule has 1 aromatic rings. The number of nitrogens with zero attached hydrogens (tertiary/aromatic N) is 1. The molecular weight excluding hydrogens is 243 g/mol. The minimum Gasteiger partial charge on any atom is -0.373 e. The minimum absolute atomic E-state index is 0.0454. The van der Waals surface area contributed by atoms with Crippen LogP contribution >= 0.6 is 0 Å². The Hall–Kier alpha value is -1.14. The molecule has 17 heavy (non-hydrogen) atoms. The Morgan fingerprint density at radius 2 is 2.06 bits per heavy atom. The summed E-state index contributed by atoms with van der Waals surface area (Å²) in [5.74, 6) is -0.319. The highest BCUT2D eigenvalue weighted by Gasteiger charge is 2.08. The van der Waals surface area contributed by atoms with E-state index < -0.39 is 9.84 Å². The number of hydrogen-bond acceptors (Lipinski definition) is 4. The molecular formula is C11H17FN2O2S. The molecule has 96 valence electrons. The van der Waals surface area contributed by atoms with Crippen molar-refractivity contribution in [3.63, 3.8) is 0 Å². The van der Waals surface area contributed by atoms with Gasteiger partial charge >= 0.3 is 0 Å². The third-order valence-electron chi connectivity index (χ3n) is 2.49. The lowest BCUT2D eigenvalue weighted by molar-refractivity contribution is 0.601. The molecule has 0 heterocycles. The van der Waals surface area contributed by atoms with Crippen molar-refractivity contribution < 1.29 is 12.8 Å². The second kappa shape index (κ2) is 5.46. The summed E-state index contributed by atoms with van der Waals surface area (Å²) in [4.78, 5) is 1.70. The molecule has 1 rings (SSSR count). The van der Waals surface area contributed by atoms with Crippen LogP contribution in [0.5, 0.6) is 0 Å². The summed E-state index contributed by atoms with van der Waals surface area (Å²) < 4.78 is 35.5. The van der Waals surface area contributed by atoms with E-state index in [1.807, 2.05) is 0 Å². The van der Waals surface area contributed by atoms with Gasteiger partial charge in [0.1, 0.15) is 15.7 Å². The first-order valence-electron chi connectivity index (χ1n) is 5.21. The van der Waals surface area contributed by atoms with Gasteiger partial charge in [-0.3, -0.25) is 0 Å². The number of nitrogens with two attached hydrogens (primary N) is 1. The van der Waals surface area contributed by atoms with E-state index in [4.69, 9.17) is 5.73 Å². The molecule has 4 nitrogen and oxygen atoms in total. The predicted molar refractivity (Wildman–Crippen MR) is 67.3 cm³/mol. The van der Waals surface area contributed by atoms with Gasteiger partial charge in [-0.2, -0.15) is 0 Å². The van der Waals surface area contributed by atoms with E-state index in [1.165, 1.54) is 12.3 Å². The van der Waals surface area contributed by atoms with Crippen molar-refractivity contribution in [2.24, 2.45) is 5.73 Å². The highest BCUT2D eigenvalue weighted by Crippen LogP contribution is 2.17. The molecule has 0 aliphatic rings. The molecule has 0 unspecified atom stereocenters. The van der Waals surface area contributed by atoms with Crippen LogP contribution in [-0.4, -0.2) is 34.0 Å². The topological polar surface area (TPSA) is 63.4 Å². The first-order chi connectivity index (χ1) is 7.83. The van der Waals surface area contributed by atoms with Crippen molar-refractivity contribution in [1.29, 1.82) is 0 Å². The summed E-state index contributed by atoms with van der Waals surface area (Å²) in [6.45, 7) is 0.486. The van der Waals surface area contributed by atoms with Crippen molar-refractivity contribution >= 4 is 15.5 Å². The SMILES string of the molecule is CN(CCS(C)(=O)=O)c1ccc(CN)c(F)c1. The van der Waals surface area contributed by atoms with Crippen molar-refractivity contribution in [3.05, 3.63) is 29.6 Å². The van der Waals surface area contributed by atoms with Crippen molar-refractivity contribution in [1.82, 2.24) is 0 Å². The first-order valence-corrected chi connectivity index (χ1v) is 7.27. The highest BCUT2D eigenvalue weighted by molar-refractivity contribution is 7.90. The fourth-order valence-corrected chi connectivity index (χ4v) is 1.98. The Morgan fingerprint density at radius 1 is 1.41 bits per heavy atom. The van der Waals surface area contributed by atoms with Crippen LogP contribution in [0.3, 0.4) is 0 Å². The lowest BCUT2D eigenvalue weighted by Gasteiger charge is -2.19. The largest absolute Gasteiger partial charge is 0.373 e. The molecule has 0 fully saturated rings. The summed E-state index contributed by atoms with van der Waals surface area (Å²) in [5.41, 5.74) is 6.45. The summed E-state index contributed by atoms with van der Waals surface area (Å²) in [6.07, 6.45) is 1.18. The number of anilines is 1. The monoisotopic (exact) mass is 260 g/mol. The summed E-state index contributed by atoms with van der Waals surface area (Å²) in [6, 6.07) is 4.71. The number of rotatable bonds is 5. The van der Waals surface area contributed by atoms with E-state index in [1.54, 1.807) is 24.1 Å². The van der Waals surface area contributed by atoms with Gasteiger partial charge in [0, 0.05) is 37.6 Å². The van der Waals surface area contributed by atoms with Gasteiger partial charge < -0.3 is 10.6 Å². The maximum Gasteiger partial charge on any atom is 0.149 e. The number of hydrogen-bond donors (Lipinski definition) is 1. The minimum atomic E-state index is -3.01. The zero-order valence-electron chi connectivity index (χ0n) is 9.98. The number of benzene rings is 1. The van der Waals surface area contributed by atoms with Crippen molar-refractivity contribution in [3.8, 4) is 0 Å². The molecule has 0 aliphatic carbocycles. The molecule has 2 N–H and O–H groups in total. The van der Waals surface area contributed by atoms with Crippen LogP contribution in [0.4, 0.5) is 10.1 Å². The number of halogens is 1. The summed E-state index contributed by atoms with van der Waals surface area (Å²) in [7, 11) is -1.28. The van der Waals surface area contributed by atoms with Crippen LogP contribution in [0.1, 0.15) is 5.56 Å². The van der Waals surface area contributed by atoms with E-state index in [0.29, 0.717) is 17.8 Å². The van der Waals surface area contributed by atoms with Gasteiger partial charge in [-0.25, -0.2) is 12.8 Å². The van der Waals surface area contributed by atoms with Crippen molar-refractivity contribution in [2.45, 2.75) is 6.54 Å². The van der Waals surface area contributed by atoms with E-state index in [0.717, 1.165) is 0 Å². The van der Waals surface area contributed by atoms with Gasteiger partial charge in [-0.1, -0.05) is 6.07 Å². The second-order valence-corrected chi connectivity index (χ2v) is 6.29.